The third-order valence-corrected chi connectivity index (χ3v) is 7.30. The van der Waals surface area contributed by atoms with Crippen LogP contribution in [0.15, 0.2) is 103 Å². The second-order valence-electron chi connectivity index (χ2n) is 9.41. The van der Waals surface area contributed by atoms with E-state index in [1.165, 1.54) is 12.1 Å². The maximum atomic E-state index is 13.8. The summed E-state index contributed by atoms with van der Waals surface area (Å²) in [5.74, 6) is -1.35. The van der Waals surface area contributed by atoms with Gasteiger partial charge in [-0.3, -0.25) is 24.5 Å². The molecular formula is C30H22ClN3O6. The van der Waals surface area contributed by atoms with Crippen molar-refractivity contribution in [3.05, 3.63) is 129 Å². The molecule has 0 N–H and O–H groups in total. The number of hydrogen-bond donors (Lipinski definition) is 0. The van der Waals surface area contributed by atoms with Crippen LogP contribution >= 0.6 is 11.6 Å². The van der Waals surface area contributed by atoms with Crippen LogP contribution in [0.25, 0.3) is 0 Å². The molecule has 0 spiro atoms. The first-order valence-corrected chi connectivity index (χ1v) is 12.9. The minimum atomic E-state index is -1.11. The molecule has 2 saturated heterocycles. The van der Waals surface area contributed by atoms with Gasteiger partial charge in [-0.1, -0.05) is 72.3 Å². The molecule has 0 bridgehead atoms. The number of fused-ring (bicyclic) bond motifs is 1. The summed E-state index contributed by atoms with van der Waals surface area (Å²) in [4.78, 5) is 45.2. The molecule has 4 aromatic rings. The topological polar surface area (TPSA) is 102 Å². The first-order valence-electron chi connectivity index (χ1n) is 12.5. The monoisotopic (exact) mass is 555 g/mol. The summed E-state index contributed by atoms with van der Waals surface area (Å²) in [5, 5.41) is 12.9. The minimum absolute atomic E-state index is 0.0683. The standard InChI is InChI=1S/C30H22ClN3O6/c31-24-16-13-22(17-25(24)34(37)38)32-29(35)26-27(33(40-28(26)30(32)36)21-9-5-2-6-10-21)20-11-14-23(15-12-20)39-18-19-7-3-1-4-8-19/h1-17,26-28H,18H2/t26-,27-,28+/m1/s1. The highest BCUT2D eigenvalue weighted by Gasteiger charge is 2.60. The lowest BCUT2D eigenvalue weighted by molar-refractivity contribution is -0.384. The van der Waals surface area contributed by atoms with Crippen molar-refractivity contribution >= 4 is 40.5 Å². The second-order valence-corrected chi connectivity index (χ2v) is 9.81. The Bertz CT molecular complexity index is 1580. The van der Waals surface area contributed by atoms with E-state index >= 15 is 0 Å². The number of rotatable bonds is 7. The number of para-hydroxylation sites is 1. The van der Waals surface area contributed by atoms with E-state index in [4.69, 9.17) is 21.2 Å². The molecule has 6 rings (SSSR count). The van der Waals surface area contributed by atoms with Crippen molar-refractivity contribution in [2.75, 3.05) is 9.96 Å². The van der Waals surface area contributed by atoms with Crippen molar-refractivity contribution < 1.29 is 24.1 Å². The molecule has 10 heteroatoms. The fourth-order valence-corrected chi connectivity index (χ4v) is 5.28. The third-order valence-electron chi connectivity index (χ3n) is 6.98. The fourth-order valence-electron chi connectivity index (χ4n) is 5.09. The second kappa shape index (κ2) is 10.4. The van der Waals surface area contributed by atoms with E-state index in [-0.39, 0.29) is 10.7 Å². The summed E-state index contributed by atoms with van der Waals surface area (Å²) in [7, 11) is 0. The maximum absolute atomic E-state index is 13.8. The van der Waals surface area contributed by atoms with Crippen LogP contribution in [-0.4, -0.2) is 22.8 Å². The van der Waals surface area contributed by atoms with Crippen LogP contribution in [0.4, 0.5) is 17.1 Å². The van der Waals surface area contributed by atoms with Gasteiger partial charge in [0.25, 0.3) is 11.6 Å². The zero-order chi connectivity index (χ0) is 27.8. The number of anilines is 2. The summed E-state index contributed by atoms with van der Waals surface area (Å²) >= 11 is 5.95. The molecule has 0 saturated carbocycles. The Morgan fingerprint density at radius 3 is 2.20 bits per heavy atom. The van der Waals surface area contributed by atoms with Crippen LogP contribution in [0.1, 0.15) is 17.2 Å². The van der Waals surface area contributed by atoms with Crippen LogP contribution in [0.3, 0.4) is 0 Å². The van der Waals surface area contributed by atoms with Crippen molar-refractivity contribution in [1.82, 2.24) is 0 Å². The number of carbonyl (C=O) groups excluding carboxylic acids is 2. The number of imide groups is 1. The lowest BCUT2D eigenvalue weighted by atomic mass is 9.90. The summed E-state index contributed by atoms with van der Waals surface area (Å²) in [6.07, 6.45) is -1.11. The predicted molar refractivity (Wildman–Crippen MR) is 148 cm³/mol. The van der Waals surface area contributed by atoms with Crippen LogP contribution in [0.5, 0.6) is 5.75 Å². The molecule has 4 aromatic carbocycles. The van der Waals surface area contributed by atoms with Crippen molar-refractivity contribution in [3.8, 4) is 5.75 Å². The lowest BCUT2D eigenvalue weighted by Gasteiger charge is -2.28. The molecule has 2 heterocycles. The first kappa shape index (κ1) is 25.5. The number of nitrogens with zero attached hydrogens (tertiary/aromatic N) is 3. The number of hydrogen-bond acceptors (Lipinski definition) is 7. The van der Waals surface area contributed by atoms with Gasteiger partial charge in [0.2, 0.25) is 5.91 Å². The van der Waals surface area contributed by atoms with Crippen molar-refractivity contribution in [1.29, 1.82) is 0 Å². The van der Waals surface area contributed by atoms with E-state index in [0.29, 0.717) is 18.0 Å². The van der Waals surface area contributed by atoms with E-state index in [1.807, 2.05) is 84.9 Å². The van der Waals surface area contributed by atoms with Crippen molar-refractivity contribution in [2.45, 2.75) is 18.8 Å². The van der Waals surface area contributed by atoms with Gasteiger partial charge in [-0.15, -0.1) is 0 Å². The number of benzene rings is 4. The first-order chi connectivity index (χ1) is 19.4. The molecule has 9 nitrogen and oxygen atoms in total. The number of ether oxygens (including phenoxy) is 1. The van der Waals surface area contributed by atoms with Gasteiger partial charge < -0.3 is 4.74 Å². The maximum Gasteiger partial charge on any atom is 0.289 e. The number of hydroxylamine groups is 1. The normalized spacial score (nSPS) is 20.1. The van der Waals surface area contributed by atoms with Crippen molar-refractivity contribution in [2.24, 2.45) is 5.92 Å². The van der Waals surface area contributed by atoms with Crippen LogP contribution in [-0.2, 0) is 21.0 Å². The van der Waals surface area contributed by atoms with Gasteiger partial charge in [0, 0.05) is 6.07 Å². The Hall–Kier alpha value is -4.73. The average molecular weight is 556 g/mol. The number of amides is 2. The third kappa shape index (κ3) is 4.55. The molecule has 2 fully saturated rings. The van der Waals surface area contributed by atoms with Gasteiger partial charge >= 0.3 is 0 Å². The number of nitro groups is 1. The fraction of sp³-hybridized carbons (Fsp3) is 0.133. The summed E-state index contributed by atoms with van der Waals surface area (Å²) in [5.41, 5.74) is 2.13. The molecule has 40 heavy (non-hydrogen) atoms. The predicted octanol–water partition coefficient (Wildman–Crippen LogP) is 5.88. The van der Waals surface area contributed by atoms with Gasteiger partial charge in [0.15, 0.2) is 6.10 Å². The molecule has 0 aromatic heterocycles. The summed E-state index contributed by atoms with van der Waals surface area (Å²) < 4.78 is 5.92. The van der Waals surface area contributed by atoms with Gasteiger partial charge in [-0.25, -0.2) is 9.96 Å². The van der Waals surface area contributed by atoms with Gasteiger partial charge in [-0.2, -0.15) is 0 Å². The number of carbonyl (C=O) groups is 2. The Morgan fingerprint density at radius 2 is 1.52 bits per heavy atom. The van der Waals surface area contributed by atoms with Crippen LogP contribution in [0, 0.1) is 16.0 Å². The van der Waals surface area contributed by atoms with Crippen LogP contribution < -0.4 is 14.7 Å². The van der Waals surface area contributed by atoms with E-state index in [2.05, 4.69) is 0 Å². The smallest absolute Gasteiger partial charge is 0.289 e. The largest absolute Gasteiger partial charge is 0.489 e. The van der Waals surface area contributed by atoms with E-state index < -0.39 is 40.5 Å². The van der Waals surface area contributed by atoms with E-state index in [0.717, 1.165) is 22.1 Å². The van der Waals surface area contributed by atoms with Gasteiger partial charge in [-0.05, 0) is 47.5 Å². The number of halogens is 1. The Labute approximate surface area is 234 Å². The molecular weight excluding hydrogens is 534 g/mol. The Kier molecular flexibility index (Phi) is 6.67. The van der Waals surface area contributed by atoms with E-state index in [1.54, 1.807) is 5.06 Å². The average Bonchev–Trinajstić information content (AvgIpc) is 3.49. The van der Waals surface area contributed by atoms with E-state index in [9.17, 15) is 19.7 Å². The zero-order valence-corrected chi connectivity index (χ0v) is 21.7. The molecule has 0 radical (unpaired) electrons. The Balaban J connectivity index is 1.32. The van der Waals surface area contributed by atoms with Gasteiger partial charge in [0.05, 0.1) is 22.3 Å². The SMILES string of the molecule is O=C1[C@H]2[C@H](ON(c3ccccc3)[C@@H]2c2ccc(OCc3ccccc3)cc2)C(=O)N1c1ccc(Cl)c([N+](=O)[O-])c1. The quantitative estimate of drug-likeness (QED) is 0.159. The molecule has 2 aliphatic heterocycles. The summed E-state index contributed by atoms with van der Waals surface area (Å²) in [6, 6.07) is 29.5. The molecule has 0 unspecified atom stereocenters. The molecule has 200 valence electrons. The number of nitro benzene ring substituents is 1. The highest BCUT2D eigenvalue weighted by Crippen LogP contribution is 2.48. The molecule has 2 amide bonds. The van der Waals surface area contributed by atoms with Crippen molar-refractivity contribution in [3.63, 3.8) is 0 Å². The lowest BCUT2D eigenvalue weighted by Crippen LogP contribution is -2.37. The molecule has 0 aliphatic carbocycles. The molecule has 2 aliphatic rings. The Morgan fingerprint density at radius 1 is 0.850 bits per heavy atom. The summed E-state index contributed by atoms with van der Waals surface area (Å²) in [6.45, 7) is 0.405. The highest BCUT2D eigenvalue weighted by atomic mass is 35.5. The molecule has 3 atom stereocenters. The van der Waals surface area contributed by atoms with Crippen LogP contribution in [0.2, 0.25) is 5.02 Å². The minimum Gasteiger partial charge on any atom is -0.489 e. The zero-order valence-electron chi connectivity index (χ0n) is 20.9. The van der Waals surface area contributed by atoms with Gasteiger partial charge in [0.1, 0.15) is 23.3 Å². The highest BCUT2D eigenvalue weighted by molar-refractivity contribution is 6.33.